The molecule has 0 heterocycles. The summed E-state index contributed by atoms with van der Waals surface area (Å²) in [5.74, 6) is -0.545. The van der Waals surface area contributed by atoms with Crippen molar-refractivity contribution in [1.82, 2.24) is 10.6 Å². The van der Waals surface area contributed by atoms with Crippen LogP contribution in [0.1, 0.15) is 28.8 Å². The van der Waals surface area contributed by atoms with Gasteiger partial charge in [-0.05, 0) is 31.9 Å². The number of aliphatic hydroxyl groups excluding tert-OH is 1. The fraction of sp³-hybridized carbons (Fsp3) is 0.429. The Kier molecular flexibility index (Phi) is 3.85. The first-order chi connectivity index (χ1) is 9.04. The van der Waals surface area contributed by atoms with E-state index < -0.39 is 5.54 Å². The summed E-state index contributed by atoms with van der Waals surface area (Å²) >= 11 is 0. The Labute approximate surface area is 112 Å². The van der Waals surface area contributed by atoms with Crippen molar-refractivity contribution in [2.24, 2.45) is 0 Å². The van der Waals surface area contributed by atoms with Gasteiger partial charge in [0.05, 0.1) is 18.7 Å². The fourth-order valence-electron chi connectivity index (χ4n) is 1.78. The summed E-state index contributed by atoms with van der Waals surface area (Å²) in [6.45, 7) is 1.82. The Bertz CT molecular complexity index is 478. The summed E-state index contributed by atoms with van der Waals surface area (Å²) in [7, 11) is 0. The molecule has 0 spiro atoms. The highest BCUT2D eigenvalue weighted by Crippen LogP contribution is 2.34. The van der Waals surface area contributed by atoms with Gasteiger partial charge in [0.2, 0.25) is 5.91 Å². The van der Waals surface area contributed by atoms with Gasteiger partial charge in [-0.25, -0.2) is 0 Å². The molecule has 0 atom stereocenters. The van der Waals surface area contributed by atoms with E-state index in [9.17, 15) is 9.59 Å². The first kappa shape index (κ1) is 13.5. The molecule has 1 fully saturated rings. The Morgan fingerprint density at radius 1 is 1.26 bits per heavy atom. The minimum atomic E-state index is -0.439. The summed E-state index contributed by atoms with van der Waals surface area (Å²) in [6, 6.07) is 7.14. The predicted octanol–water partition coefficient (Wildman–Crippen LogP) is 0.366. The maximum Gasteiger partial charge on any atom is 0.251 e. The van der Waals surface area contributed by atoms with Crippen molar-refractivity contribution in [3.8, 4) is 0 Å². The van der Waals surface area contributed by atoms with E-state index in [0.29, 0.717) is 5.56 Å². The van der Waals surface area contributed by atoms with Crippen molar-refractivity contribution in [2.45, 2.75) is 25.3 Å². The molecule has 1 aliphatic carbocycles. The van der Waals surface area contributed by atoms with Gasteiger partial charge in [0.25, 0.3) is 5.91 Å². The first-order valence-electron chi connectivity index (χ1n) is 6.31. The van der Waals surface area contributed by atoms with Gasteiger partial charge in [-0.3, -0.25) is 9.59 Å². The lowest BCUT2D eigenvalue weighted by Crippen LogP contribution is -2.45. The number of nitrogens with one attached hydrogen (secondary N) is 2. The Morgan fingerprint density at radius 3 is 2.42 bits per heavy atom. The van der Waals surface area contributed by atoms with Crippen molar-refractivity contribution < 1.29 is 14.7 Å². The van der Waals surface area contributed by atoms with Crippen molar-refractivity contribution >= 4 is 11.8 Å². The summed E-state index contributed by atoms with van der Waals surface area (Å²) in [4.78, 5) is 23.4. The highest BCUT2D eigenvalue weighted by Gasteiger charge is 2.43. The molecule has 2 amide bonds. The van der Waals surface area contributed by atoms with E-state index >= 15 is 0 Å². The SMILES string of the molecule is Cc1ccc(C(=O)NCC(=O)NC2(CO)CC2)cc1. The van der Waals surface area contributed by atoms with Gasteiger partial charge < -0.3 is 15.7 Å². The molecular weight excluding hydrogens is 244 g/mol. The van der Waals surface area contributed by atoms with Gasteiger partial charge in [-0.15, -0.1) is 0 Å². The maximum atomic E-state index is 11.8. The molecule has 0 radical (unpaired) electrons. The van der Waals surface area contributed by atoms with Crippen LogP contribution in [0, 0.1) is 6.92 Å². The van der Waals surface area contributed by atoms with E-state index in [-0.39, 0.29) is 25.0 Å². The van der Waals surface area contributed by atoms with Crippen molar-refractivity contribution in [2.75, 3.05) is 13.2 Å². The lowest BCUT2D eigenvalue weighted by molar-refractivity contribution is -0.121. The van der Waals surface area contributed by atoms with Crippen molar-refractivity contribution in [3.05, 3.63) is 35.4 Å². The molecule has 5 heteroatoms. The summed E-state index contributed by atoms with van der Waals surface area (Å²) in [5.41, 5.74) is 1.17. The molecule has 0 unspecified atom stereocenters. The summed E-state index contributed by atoms with van der Waals surface area (Å²) in [5, 5.41) is 14.4. The lowest BCUT2D eigenvalue weighted by Gasteiger charge is -2.14. The van der Waals surface area contributed by atoms with Crippen LogP contribution in [0.15, 0.2) is 24.3 Å². The molecule has 19 heavy (non-hydrogen) atoms. The van der Waals surface area contributed by atoms with E-state index in [2.05, 4.69) is 10.6 Å². The van der Waals surface area contributed by atoms with Crippen LogP contribution in [-0.4, -0.2) is 35.6 Å². The van der Waals surface area contributed by atoms with E-state index in [0.717, 1.165) is 18.4 Å². The molecule has 5 nitrogen and oxygen atoms in total. The average Bonchev–Trinajstić information content (AvgIpc) is 3.17. The van der Waals surface area contributed by atoms with Gasteiger partial charge in [-0.1, -0.05) is 17.7 Å². The van der Waals surface area contributed by atoms with Gasteiger partial charge in [0.15, 0.2) is 0 Å². The molecule has 2 rings (SSSR count). The number of aryl methyl sites for hydroxylation is 1. The maximum absolute atomic E-state index is 11.8. The molecule has 0 bridgehead atoms. The third-order valence-corrected chi connectivity index (χ3v) is 3.28. The van der Waals surface area contributed by atoms with E-state index in [4.69, 9.17) is 5.11 Å². The molecule has 0 aliphatic heterocycles. The molecule has 1 aromatic carbocycles. The van der Waals surface area contributed by atoms with Gasteiger partial charge in [0, 0.05) is 5.56 Å². The number of hydrogen-bond donors (Lipinski definition) is 3. The number of amides is 2. The fourth-order valence-corrected chi connectivity index (χ4v) is 1.78. The van der Waals surface area contributed by atoms with E-state index in [1.165, 1.54) is 0 Å². The van der Waals surface area contributed by atoms with Crippen LogP contribution >= 0.6 is 0 Å². The highest BCUT2D eigenvalue weighted by atomic mass is 16.3. The van der Waals surface area contributed by atoms with Crippen LogP contribution < -0.4 is 10.6 Å². The average molecular weight is 262 g/mol. The second-order valence-electron chi connectivity index (χ2n) is 5.04. The zero-order chi connectivity index (χ0) is 13.9. The number of carbonyl (C=O) groups excluding carboxylic acids is 2. The minimum Gasteiger partial charge on any atom is -0.394 e. The number of rotatable bonds is 5. The smallest absolute Gasteiger partial charge is 0.251 e. The molecule has 0 aromatic heterocycles. The molecule has 1 saturated carbocycles. The summed E-state index contributed by atoms with van der Waals surface area (Å²) < 4.78 is 0. The third kappa shape index (κ3) is 3.54. The van der Waals surface area contributed by atoms with E-state index in [1.54, 1.807) is 12.1 Å². The van der Waals surface area contributed by atoms with Gasteiger partial charge in [-0.2, -0.15) is 0 Å². The summed E-state index contributed by atoms with van der Waals surface area (Å²) in [6.07, 6.45) is 1.59. The monoisotopic (exact) mass is 262 g/mol. The zero-order valence-electron chi connectivity index (χ0n) is 10.9. The molecule has 3 N–H and O–H groups in total. The van der Waals surface area contributed by atoms with E-state index in [1.807, 2.05) is 19.1 Å². The zero-order valence-corrected chi connectivity index (χ0v) is 10.9. The minimum absolute atomic E-state index is 0.0509. The van der Waals surface area contributed by atoms with Crippen LogP contribution in [-0.2, 0) is 4.79 Å². The third-order valence-electron chi connectivity index (χ3n) is 3.28. The molecule has 0 saturated heterocycles. The molecule has 1 aliphatic rings. The second kappa shape index (κ2) is 5.40. The van der Waals surface area contributed by atoms with Crippen LogP contribution in [0.25, 0.3) is 0 Å². The number of hydrogen-bond acceptors (Lipinski definition) is 3. The largest absolute Gasteiger partial charge is 0.394 e. The predicted molar refractivity (Wildman–Crippen MR) is 70.7 cm³/mol. The standard InChI is InChI=1S/C14H18N2O3/c1-10-2-4-11(5-3-10)13(19)15-8-12(18)16-14(9-17)6-7-14/h2-5,17H,6-9H2,1H3,(H,15,19)(H,16,18). The van der Waals surface area contributed by atoms with Crippen molar-refractivity contribution in [1.29, 1.82) is 0 Å². The quantitative estimate of drug-likeness (QED) is 0.717. The first-order valence-corrected chi connectivity index (χ1v) is 6.31. The van der Waals surface area contributed by atoms with Gasteiger partial charge >= 0.3 is 0 Å². The van der Waals surface area contributed by atoms with Crippen LogP contribution in [0.5, 0.6) is 0 Å². The number of benzene rings is 1. The number of carbonyl (C=O) groups is 2. The van der Waals surface area contributed by atoms with Crippen LogP contribution in [0.2, 0.25) is 0 Å². The lowest BCUT2D eigenvalue weighted by atomic mass is 10.1. The molecular formula is C14H18N2O3. The second-order valence-corrected chi connectivity index (χ2v) is 5.04. The van der Waals surface area contributed by atoms with Gasteiger partial charge in [0.1, 0.15) is 0 Å². The normalized spacial score (nSPS) is 15.7. The van der Waals surface area contributed by atoms with Crippen LogP contribution in [0.4, 0.5) is 0 Å². The molecule has 102 valence electrons. The number of aliphatic hydroxyl groups is 1. The van der Waals surface area contributed by atoms with Crippen molar-refractivity contribution in [3.63, 3.8) is 0 Å². The Balaban J connectivity index is 1.80. The Morgan fingerprint density at radius 2 is 1.89 bits per heavy atom. The topological polar surface area (TPSA) is 78.4 Å². The highest BCUT2D eigenvalue weighted by molar-refractivity contribution is 5.96. The Hall–Kier alpha value is -1.88. The van der Waals surface area contributed by atoms with Crippen LogP contribution in [0.3, 0.4) is 0 Å². The molecule has 1 aromatic rings.